The van der Waals surface area contributed by atoms with Gasteiger partial charge in [-0.05, 0) is 37.2 Å². The van der Waals surface area contributed by atoms with Crippen LogP contribution in [0.15, 0.2) is 24.3 Å². The van der Waals surface area contributed by atoms with Gasteiger partial charge >= 0.3 is 0 Å². The van der Waals surface area contributed by atoms with Gasteiger partial charge in [-0.2, -0.15) is 0 Å². The zero-order valence-electron chi connectivity index (χ0n) is 9.03. The first-order valence-electron chi connectivity index (χ1n) is 5.54. The molecule has 1 aliphatic heterocycles. The minimum atomic E-state index is -0.258. The zero-order chi connectivity index (χ0) is 11.4. The van der Waals surface area contributed by atoms with Gasteiger partial charge < -0.3 is 15.2 Å². The first-order chi connectivity index (χ1) is 7.78. The second-order valence-electron chi connectivity index (χ2n) is 4.05. The van der Waals surface area contributed by atoms with Crippen LogP contribution in [-0.4, -0.2) is 30.4 Å². The van der Waals surface area contributed by atoms with Gasteiger partial charge in [0, 0.05) is 12.5 Å². The lowest BCUT2D eigenvalue weighted by molar-refractivity contribution is 0.114. The number of aliphatic hydroxyl groups is 1. The highest BCUT2D eigenvalue weighted by atomic mass is 19.1. The van der Waals surface area contributed by atoms with Gasteiger partial charge in [0.05, 0.1) is 6.61 Å². The number of hydrogen-bond acceptors (Lipinski definition) is 3. The summed E-state index contributed by atoms with van der Waals surface area (Å²) in [5.41, 5.74) is 0. The summed E-state index contributed by atoms with van der Waals surface area (Å²) in [5.74, 6) is 0.427. The van der Waals surface area contributed by atoms with Crippen molar-refractivity contribution in [3.8, 4) is 5.75 Å². The monoisotopic (exact) mass is 225 g/mol. The summed E-state index contributed by atoms with van der Waals surface area (Å²) in [4.78, 5) is 0. The number of benzene rings is 1. The van der Waals surface area contributed by atoms with Crippen molar-refractivity contribution in [2.24, 2.45) is 0 Å². The molecule has 88 valence electrons. The highest BCUT2D eigenvalue weighted by Crippen LogP contribution is 2.18. The van der Waals surface area contributed by atoms with Gasteiger partial charge in [0.25, 0.3) is 0 Å². The Morgan fingerprint density at radius 1 is 1.38 bits per heavy atom. The maximum Gasteiger partial charge on any atom is 0.123 e. The molecule has 1 fully saturated rings. The smallest absolute Gasteiger partial charge is 0.123 e. The standard InChI is InChI=1S/C12H16FNO2/c13-9-1-3-11(4-2-9)16-12-5-6-14-10(7-12)8-15/h1-4,10,12,14-15H,5-8H2. The number of hydrogen-bond donors (Lipinski definition) is 2. The predicted molar refractivity (Wildman–Crippen MR) is 58.9 cm³/mol. The average molecular weight is 225 g/mol. The summed E-state index contributed by atoms with van der Waals surface area (Å²) in [7, 11) is 0. The third kappa shape index (κ3) is 2.93. The van der Waals surface area contributed by atoms with E-state index in [4.69, 9.17) is 9.84 Å². The molecular formula is C12H16FNO2. The second kappa shape index (κ2) is 5.27. The topological polar surface area (TPSA) is 41.5 Å². The molecule has 0 amide bonds. The Balaban J connectivity index is 1.91. The number of aliphatic hydroxyl groups excluding tert-OH is 1. The third-order valence-corrected chi connectivity index (χ3v) is 2.78. The molecule has 1 heterocycles. The van der Waals surface area contributed by atoms with Gasteiger partial charge in [-0.1, -0.05) is 0 Å². The van der Waals surface area contributed by atoms with Gasteiger partial charge in [0.2, 0.25) is 0 Å². The van der Waals surface area contributed by atoms with Gasteiger partial charge in [-0.15, -0.1) is 0 Å². The van der Waals surface area contributed by atoms with E-state index in [-0.39, 0.29) is 24.6 Å². The highest BCUT2D eigenvalue weighted by molar-refractivity contribution is 5.22. The molecule has 2 atom stereocenters. The molecule has 3 nitrogen and oxygen atoms in total. The summed E-state index contributed by atoms with van der Waals surface area (Å²) in [5, 5.41) is 12.2. The van der Waals surface area contributed by atoms with Crippen molar-refractivity contribution in [2.75, 3.05) is 13.2 Å². The quantitative estimate of drug-likeness (QED) is 0.815. The largest absolute Gasteiger partial charge is 0.490 e. The lowest BCUT2D eigenvalue weighted by Gasteiger charge is -2.29. The zero-order valence-corrected chi connectivity index (χ0v) is 9.03. The van der Waals surface area contributed by atoms with Crippen LogP contribution in [-0.2, 0) is 0 Å². The molecule has 0 spiro atoms. The maximum absolute atomic E-state index is 12.7. The van der Waals surface area contributed by atoms with E-state index in [0.717, 1.165) is 19.4 Å². The summed E-state index contributed by atoms with van der Waals surface area (Å²) in [6.07, 6.45) is 1.80. The van der Waals surface area contributed by atoms with Gasteiger partial charge in [0.15, 0.2) is 0 Å². The van der Waals surface area contributed by atoms with E-state index < -0.39 is 0 Å². The van der Waals surface area contributed by atoms with Crippen LogP contribution in [0.3, 0.4) is 0 Å². The van der Waals surface area contributed by atoms with E-state index in [0.29, 0.717) is 5.75 Å². The van der Waals surface area contributed by atoms with Crippen LogP contribution < -0.4 is 10.1 Å². The number of nitrogens with one attached hydrogen (secondary N) is 1. The average Bonchev–Trinajstić information content (AvgIpc) is 2.32. The molecule has 0 saturated carbocycles. The Morgan fingerprint density at radius 3 is 2.81 bits per heavy atom. The van der Waals surface area contributed by atoms with Crippen LogP contribution in [0.1, 0.15) is 12.8 Å². The first kappa shape index (κ1) is 11.4. The van der Waals surface area contributed by atoms with E-state index >= 15 is 0 Å². The fourth-order valence-corrected chi connectivity index (χ4v) is 1.92. The fourth-order valence-electron chi connectivity index (χ4n) is 1.92. The van der Waals surface area contributed by atoms with E-state index in [1.54, 1.807) is 12.1 Å². The van der Waals surface area contributed by atoms with Crippen LogP contribution in [0.4, 0.5) is 4.39 Å². The molecule has 1 saturated heterocycles. The van der Waals surface area contributed by atoms with Crippen molar-refractivity contribution >= 4 is 0 Å². The van der Waals surface area contributed by atoms with Crippen molar-refractivity contribution in [1.82, 2.24) is 5.32 Å². The van der Waals surface area contributed by atoms with Crippen molar-refractivity contribution in [3.63, 3.8) is 0 Å². The maximum atomic E-state index is 12.7. The van der Waals surface area contributed by atoms with Crippen molar-refractivity contribution in [2.45, 2.75) is 25.0 Å². The van der Waals surface area contributed by atoms with Crippen LogP contribution in [0, 0.1) is 5.82 Å². The van der Waals surface area contributed by atoms with Crippen molar-refractivity contribution in [3.05, 3.63) is 30.1 Å². The molecular weight excluding hydrogens is 209 g/mol. The minimum absolute atomic E-state index is 0.101. The van der Waals surface area contributed by atoms with Crippen LogP contribution in [0.2, 0.25) is 0 Å². The number of rotatable bonds is 3. The van der Waals surface area contributed by atoms with Gasteiger partial charge in [-0.25, -0.2) is 4.39 Å². The lowest BCUT2D eigenvalue weighted by atomic mass is 10.0. The number of halogens is 1. The molecule has 0 radical (unpaired) electrons. The number of piperidine rings is 1. The van der Waals surface area contributed by atoms with E-state index in [9.17, 15) is 4.39 Å². The van der Waals surface area contributed by atoms with Crippen LogP contribution in [0.25, 0.3) is 0 Å². The normalized spacial score (nSPS) is 25.4. The molecule has 1 aromatic rings. The Morgan fingerprint density at radius 2 is 2.12 bits per heavy atom. The van der Waals surface area contributed by atoms with E-state index in [1.165, 1.54) is 12.1 Å². The molecule has 0 aromatic heterocycles. The fraction of sp³-hybridized carbons (Fsp3) is 0.500. The molecule has 2 N–H and O–H groups in total. The van der Waals surface area contributed by atoms with Gasteiger partial charge in [-0.3, -0.25) is 0 Å². The Hall–Kier alpha value is -1.13. The molecule has 4 heteroatoms. The second-order valence-corrected chi connectivity index (χ2v) is 4.05. The molecule has 2 unspecified atom stereocenters. The summed E-state index contributed by atoms with van der Waals surface area (Å²) < 4.78 is 18.4. The summed E-state index contributed by atoms with van der Waals surface area (Å²) in [6.45, 7) is 0.973. The molecule has 1 aliphatic rings. The van der Waals surface area contributed by atoms with Crippen molar-refractivity contribution in [1.29, 1.82) is 0 Å². The summed E-state index contributed by atoms with van der Waals surface area (Å²) >= 11 is 0. The molecule has 16 heavy (non-hydrogen) atoms. The summed E-state index contributed by atoms with van der Waals surface area (Å²) in [6, 6.07) is 6.15. The third-order valence-electron chi connectivity index (χ3n) is 2.78. The predicted octanol–water partition coefficient (Wildman–Crippen LogP) is 1.32. The van der Waals surface area contributed by atoms with Gasteiger partial charge in [0.1, 0.15) is 17.7 Å². The molecule has 0 aliphatic carbocycles. The van der Waals surface area contributed by atoms with E-state index in [2.05, 4.69) is 5.32 Å². The number of ether oxygens (including phenoxy) is 1. The minimum Gasteiger partial charge on any atom is -0.490 e. The Labute approximate surface area is 94.2 Å². The Kier molecular flexibility index (Phi) is 3.74. The van der Waals surface area contributed by atoms with Crippen molar-refractivity contribution < 1.29 is 14.2 Å². The van der Waals surface area contributed by atoms with Crippen LogP contribution in [0.5, 0.6) is 5.75 Å². The van der Waals surface area contributed by atoms with Crippen LogP contribution >= 0.6 is 0 Å². The first-order valence-corrected chi connectivity index (χ1v) is 5.54. The van der Waals surface area contributed by atoms with E-state index in [1.807, 2.05) is 0 Å². The lowest BCUT2D eigenvalue weighted by Crippen LogP contribution is -2.44. The highest BCUT2D eigenvalue weighted by Gasteiger charge is 2.21. The molecule has 1 aromatic carbocycles. The SMILES string of the molecule is OCC1CC(Oc2ccc(F)cc2)CCN1. The molecule has 2 rings (SSSR count). The Bertz CT molecular complexity index is 328. The molecule has 0 bridgehead atoms.